The molecule has 6 nitrogen and oxygen atoms in total. The van der Waals surface area contributed by atoms with Gasteiger partial charge in [0.05, 0.1) is 16.1 Å². The molecule has 0 radical (unpaired) electrons. The quantitative estimate of drug-likeness (QED) is 0.811. The number of carbonyl (C=O) groups excluding carboxylic acids is 1. The van der Waals surface area contributed by atoms with Crippen molar-refractivity contribution in [1.82, 2.24) is 5.32 Å². The van der Waals surface area contributed by atoms with Gasteiger partial charge in [0.15, 0.2) is 6.61 Å². The highest BCUT2D eigenvalue weighted by atomic mass is 79.9. The molecule has 21 heavy (non-hydrogen) atoms. The summed E-state index contributed by atoms with van der Waals surface area (Å²) in [6, 6.07) is 4.37. The van der Waals surface area contributed by atoms with Crippen LogP contribution in [0, 0.1) is 0 Å². The molecule has 1 aromatic rings. The van der Waals surface area contributed by atoms with Gasteiger partial charge in [-0.1, -0.05) is 0 Å². The minimum atomic E-state index is -1.02. The van der Waals surface area contributed by atoms with Crippen LogP contribution in [0.3, 0.4) is 0 Å². The average Bonchev–Trinajstić information content (AvgIpc) is 2.97. The van der Waals surface area contributed by atoms with E-state index in [4.69, 9.17) is 14.6 Å². The maximum Gasteiger partial charge on any atom is 0.335 e. The van der Waals surface area contributed by atoms with Gasteiger partial charge in [0.2, 0.25) is 0 Å². The lowest BCUT2D eigenvalue weighted by molar-refractivity contribution is -0.123. The Hall–Kier alpha value is -1.60. The third-order valence-corrected chi connectivity index (χ3v) is 3.71. The zero-order valence-electron chi connectivity index (χ0n) is 11.3. The lowest BCUT2D eigenvalue weighted by Crippen LogP contribution is -2.35. The summed E-state index contributed by atoms with van der Waals surface area (Å²) in [6.07, 6.45) is 2.08. The summed E-state index contributed by atoms with van der Waals surface area (Å²) >= 11 is 3.22. The Morgan fingerprint density at radius 2 is 2.29 bits per heavy atom. The molecule has 0 saturated carbocycles. The highest BCUT2D eigenvalue weighted by molar-refractivity contribution is 9.10. The van der Waals surface area contributed by atoms with Crippen LogP contribution in [0.1, 0.15) is 23.2 Å². The number of hydrogen-bond acceptors (Lipinski definition) is 4. The number of benzene rings is 1. The molecule has 1 aromatic carbocycles. The number of nitrogens with one attached hydrogen (secondary N) is 1. The Morgan fingerprint density at radius 3 is 2.90 bits per heavy atom. The second-order valence-corrected chi connectivity index (χ2v) is 5.53. The highest BCUT2D eigenvalue weighted by Gasteiger charge is 2.16. The predicted molar refractivity (Wildman–Crippen MR) is 78.6 cm³/mol. The van der Waals surface area contributed by atoms with E-state index in [1.165, 1.54) is 18.2 Å². The molecule has 1 aliphatic rings. The van der Waals surface area contributed by atoms with Crippen molar-refractivity contribution in [3.8, 4) is 5.75 Å². The number of carboxylic acid groups (broad SMARTS) is 1. The molecule has 7 heteroatoms. The minimum absolute atomic E-state index is 0.0931. The molecule has 2 N–H and O–H groups in total. The highest BCUT2D eigenvalue weighted by Crippen LogP contribution is 2.26. The van der Waals surface area contributed by atoms with Crippen molar-refractivity contribution in [3.05, 3.63) is 28.2 Å². The third-order valence-electron chi connectivity index (χ3n) is 3.09. The molecule has 0 aromatic heterocycles. The standard InChI is InChI=1S/C14H16BrNO5/c15-11-6-9(14(18)19)3-4-12(11)21-8-13(17)16-7-10-2-1-5-20-10/h3-4,6,10H,1-2,5,7-8H2,(H,16,17)(H,18,19). The van der Waals surface area contributed by atoms with Gasteiger partial charge in [0.25, 0.3) is 5.91 Å². The van der Waals surface area contributed by atoms with Crippen molar-refractivity contribution in [3.63, 3.8) is 0 Å². The van der Waals surface area contributed by atoms with E-state index < -0.39 is 5.97 Å². The van der Waals surface area contributed by atoms with E-state index in [9.17, 15) is 9.59 Å². The molecule has 114 valence electrons. The number of aromatic carboxylic acids is 1. The maximum atomic E-state index is 11.7. The fourth-order valence-corrected chi connectivity index (χ4v) is 2.47. The van der Waals surface area contributed by atoms with Gasteiger partial charge < -0.3 is 19.9 Å². The van der Waals surface area contributed by atoms with E-state index in [1.807, 2.05) is 0 Å². The Kier molecular flexibility index (Phi) is 5.58. The fourth-order valence-electron chi connectivity index (χ4n) is 1.98. The van der Waals surface area contributed by atoms with Crippen LogP contribution in [0.4, 0.5) is 0 Å². The van der Waals surface area contributed by atoms with Crippen LogP contribution in [0.25, 0.3) is 0 Å². The monoisotopic (exact) mass is 357 g/mol. The molecule has 0 bridgehead atoms. The van der Waals surface area contributed by atoms with E-state index >= 15 is 0 Å². The van der Waals surface area contributed by atoms with Crippen LogP contribution in [0.2, 0.25) is 0 Å². The zero-order valence-corrected chi connectivity index (χ0v) is 12.9. The molecule has 1 aliphatic heterocycles. The van der Waals surface area contributed by atoms with Gasteiger partial charge in [-0.05, 0) is 47.0 Å². The molecular weight excluding hydrogens is 342 g/mol. The Bertz CT molecular complexity index is 528. The normalized spacial score (nSPS) is 17.5. The number of hydrogen-bond donors (Lipinski definition) is 2. The van der Waals surface area contributed by atoms with Gasteiger partial charge in [-0.2, -0.15) is 0 Å². The summed E-state index contributed by atoms with van der Waals surface area (Å²) in [4.78, 5) is 22.5. The summed E-state index contributed by atoms with van der Waals surface area (Å²) in [6.45, 7) is 1.11. The van der Waals surface area contributed by atoms with Crippen LogP contribution in [-0.2, 0) is 9.53 Å². The van der Waals surface area contributed by atoms with E-state index in [-0.39, 0.29) is 24.2 Å². The van der Waals surface area contributed by atoms with Crippen LogP contribution in [-0.4, -0.2) is 42.8 Å². The first-order valence-electron chi connectivity index (χ1n) is 6.60. The largest absolute Gasteiger partial charge is 0.483 e. The molecule has 1 heterocycles. The predicted octanol–water partition coefficient (Wildman–Crippen LogP) is 1.82. The summed E-state index contributed by atoms with van der Waals surface area (Å²) in [5, 5.41) is 11.6. The first kappa shape index (κ1) is 15.8. The van der Waals surface area contributed by atoms with Gasteiger partial charge in [-0.25, -0.2) is 4.79 Å². The lowest BCUT2D eigenvalue weighted by Gasteiger charge is -2.12. The number of halogens is 1. The molecule has 1 unspecified atom stereocenters. The van der Waals surface area contributed by atoms with Gasteiger partial charge in [-0.3, -0.25) is 4.79 Å². The summed E-state index contributed by atoms with van der Waals surface area (Å²) in [5.41, 5.74) is 0.150. The zero-order chi connectivity index (χ0) is 15.2. The average molecular weight is 358 g/mol. The van der Waals surface area contributed by atoms with Crippen LogP contribution < -0.4 is 10.1 Å². The van der Waals surface area contributed by atoms with Crippen molar-refractivity contribution >= 4 is 27.8 Å². The van der Waals surface area contributed by atoms with Gasteiger partial charge in [-0.15, -0.1) is 0 Å². The molecule has 2 rings (SSSR count). The molecule has 1 atom stereocenters. The van der Waals surface area contributed by atoms with Crippen LogP contribution in [0.5, 0.6) is 5.75 Å². The van der Waals surface area contributed by atoms with Gasteiger partial charge in [0, 0.05) is 13.2 Å². The third kappa shape index (κ3) is 4.71. The Morgan fingerprint density at radius 1 is 1.48 bits per heavy atom. The van der Waals surface area contributed by atoms with Crippen molar-refractivity contribution < 1.29 is 24.2 Å². The summed E-state index contributed by atoms with van der Waals surface area (Å²) in [7, 11) is 0. The summed E-state index contributed by atoms with van der Waals surface area (Å²) in [5.74, 6) is -0.830. The van der Waals surface area contributed by atoms with Crippen LogP contribution in [0.15, 0.2) is 22.7 Å². The van der Waals surface area contributed by atoms with Crippen molar-refractivity contribution in [2.75, 3.05) is 19.8 Å². The number of carbonyl (C=O) groups is 2. The van der Waals surface area contributed by atoms with E-state index in [1.54, 1.807) is 0 Å². The smallest absolute Gasteiger partial charge is 0.335 e. The Balaban J connectivity index is 1.79. The van der Waals surface area contributed by atoms with E-state index in [0.717, 1.165) is 19.4 Å². The maximum absolute atomic E-state index is 11.7. The number of amides is 1. The molecule has 1 fully saturated rings. The van der Waals surface area contributed by atoms with Crippen molar-refractivity contribution in [2.24, 2.45) is 0 Å². The number of rotatable bonds is 6. The number of carboxylic acids is 1. The molecule has 1 amide bonds. The first-order chi connectivity index (χ1) is 10.1. The van der Waals surface area contributed by atoms with Gasteiger partial charge >= 0.3 is 5.97 Å². The minimum Gasteiger partial charge on any atom is -0.483 e. The number of ether oxygens (including phenoxy) is 2. The van der Waals surface area contributed by atoms with E-state index in [2.05, 4.69) is 21.2 Å². The first-order valence-corrected chi connectivity index (χ1v) is 7.39. The van der Waals surface area contributed by atoms with Gasteiger partial charge in [0.1, 0.15) is 5.75 Å². The van der Waals surface area contributed by atoms with Crippen molar-refractivity contribution in [2.45, 2.75) is 18.9 Å². The lowest BCUT2D eigenvalue weighted by atomic mass is 10.2. The van der Waals surface area contributed by atoms with Crippen molar-refractivity contribution in [1.29, 1.82) is 0 Å². The SMILES string of the molecule is O=C(COc1ccc(C(=O)O)cc1Br)NCC1CCCO1. The second kappa shape index (κ2) is 7.42. The second-order valence-electron chi connectivity index (χ2n) is 4.68. The van der Waals surface area contributed by atoms with E-state index in [0.29, 0.717) is 16.8 Å². The molecule has 0 aliphatic carbocycles. The molecule has 0 spiro atoms. The topological polar surface area (TPSA) is 84.9 Å². The Labute approximate surface area is 130 Å². The van der Waals surface area contributed by atoms with Crippen LogP contribution >= 0.6 is 15.9 Å². The molecular formula is C14H16BrNO5. The fraction of sp³-hybridized carbons (Fsp3) is 0.429. The molecule has 1 saturated heterocycles. The summed E-state index contributed by atoms with van der Waals surface area (Å²) < 4.78 is 11.3.